The summed E-state index contributed by atoms with van der Waals surface area (Å²) in [5.41, 5.74) is 7.56. The molecule has 2 heterocycles. The fourth-order valence-corrected chi connectivity index (χ4v) is 2.67. The van der Waals surface area contributed by atoms with Crippen molar-refractivity contribution in [1.29, 1.82) is 0 Å². The summed E-state index contributed by atoms with van der Waals surface area (Å²) in [6.07, 6.45) is 2.34. The van der Waals surface area contributed by atoms with Crippen LogP contribution in [0.2, 0.25) is 0 Å². The lowest BCUT2D eigenvalue weighted by molar-refractivity contribution is 0.113. The van der Waals surface area contributed by atoms with Crippen LogP contribution in [0.4, 0.5) is 0 Å². The topological polar surface area (TPSA) is 62.4 Å². The van der Waals surface area contributed by atoms with Gasteiger partial charge in [0.05, 0.1) is 5.69 Å². The minimum Gasteiger partial charge on any atom is -0.506 e. The van der Waals surface area contributed by atoms with Gasteiger partial charge in [0.25, 0.3) is 0 Å². The van der Waals surface area contributed by atoms with Gasteiger partial charge in [0.1, 0.15) is 5.75 Å². The van der Waals surface area contributed by atoms with Gasteiger partial charge in [-0.05, 0) is 44.4 Å². The van der Waals surface area contributed by atoms with Crippen molar-refractivity contribution in [3.8, 4) is 5.75 Å². The van der Waals surface area contributed by atoms with Gasteiger partial charge in [0, 0.05) is 24.8 Å². The Labute approximate surface area is 109 Å². The number of hydrogen-bond donors (Lipinski definition) is 2. The number of nitrogens with two attached hydrogens (primary N) is 1. The van der Waals surface area contributed by atoms with E-state index in [4.69, 9.17) is 5.73 Å². The number of hydrogen-bond acceptors (Lipinski definition) is 4. The van der Waals surface area contributed by atoms with E-state index < -0.39 is 0 Å². The van der Waals surface area contributed by atoms with E-state index in [0.717, 1.165) is 30.3 Å². The first kappa shape index (κ1) is 13.3. The van der Waals surface area contributed by atoms with E-state index in [1.54, 1.807) is 6.07 Å². The third-order valence-electron chi connectivity index (χ3n) is 3.81. The average Bonchev–Trinajstić information content (AvgIpc) is 2.36. The third kappa shape index (κ3) is 3.00. The Balaban J connectivity index is 2.10. The number of nitrogens with zero attached hydrogens (tertiary/aromatic N) is 2. The maximum atomic E-state index is 9.86. The lowest BCUT2D eigenvalue weighted by Crippen LogP contribution is -2.45. The van der Waals surface area contributed by atoms with Gasteiger partial charge < -0.3 is 10.8 Å². The van der Waals surface area contributed by atoms with Crippen LogP contribution in [0.1, 0.15) is 31.2 Å². The minimum atomic E-state index is 0.287. The maximum Gasteiger partial charge on any atom is 0.138 e. The van der Waals surface area contributed by atoms with Crippen molar-refractivity contribution < 1.29 is 5.11 Å². The van der Waals surface area contributed by atoms with Crippen LogP contribution in [-0.4, -0.2) is 34.1 Å². The van der Waals surface area contributed by atoms with E-state index >= 15 is 0 Å². The molecule has 1 fully saturated rings. The quantitative estimate of drug-likeness (QED) is 0.855. The molecule has 4 nitrogen and oxygen atoms in total. The largest absolute Gasteiger partial charge is 0.506 e. The summed E-state index contributed by atoms with van der Waals surface area (Å²) >= 11 is 0. The highest BCUT2D eigenvalue weighted by atomic mass is 16.3. The molecule has 1 aromatic rings. The number of rotatable bonds is 3. The van der Waals surface area contributed by atoms with Crippen molar-refractivity contribution in [2.75, 3.05) is 13.1 Å². The number of likely N-dealkylation sites (tertiary alicyclic amines) is 1. The monoisotopic (exact) mass is 249 g/mol. The molecule has 2 atom stereocenters. The van der Waals surface area contributed by atoms with Gasteiger partial charge in [-0.1, -0.05) is 6.92 Å². The van der Waals surface area contributed by atoms with Crippen LogP contribution in [0.3, 0.4) is 0 Å². The van der Waals surface area contributed by atoms with Gasteiger partial charge in [-0.2, -0.15) is 0 Å². The smallest absolute Gasteiger partial charge is 0.138 e. The Bertz CT molecular complexity index is 408. The molecule has 1 saturated heterocycles. The molecule has 3 N–H and O–H groups in total. The van der Waals surface area contributed by atoms with Gasteiger partial charge in [0.15, 0.2) is 0 Å². The Hall–Kier alpha value is -1.13. The normalized spacial score (nSPS) is 25.3. The zero-order chi connectivity index (χ0) is 13.1. The molecule has 0 spiro atoms. The zero-order valence-corrected chi connectivity index (χ0v) is 11.3. The van der Waals surface area contributed by atoms with Crippen LogP contribution in [-0.2, 0) is 6.54 Å². The molecule has 0 amide bonds. The van der Waals surface area contributed by atoms with Crippen molar-refractivity contribution in [3.63, 3.8) is 0 Å². The lowest BCUT2D eigenvalue weighted by Gasteiger charge is -2.37. The molecule has 100 valence electrons. The fraction of sp³-hybridized carbons (Fsp3) is 0.643. The van der Waals surface area contributed by atoms with E-state index in [1.165, 1.54) is 6.42 Å². The molecule has 1 aliphatic heterocycles. The second-order valence-corrected chi connectivity index (χ2v) is 5.41. The molecule has 0 aromatic carbocycles. The van der Waals surface area contributed by atoms with Crippen molar-refractivity contribution >= 4 is 0 Å². The van der Waals surface area contributed by atoms with E-state index in [2.05, 4.69) is 16.8 Å². The molecule has 18 heavy (non-hydrogen) atoms. The van der Waals surface area contributed by atoms with Crippen LogP contribution >= 0.6 is 0 Å². The fourth-order valence-electron chi connectivity index (χ4n) is 2.67. The second-order valence-electron chi connectivity index (χ2n) is 5.41. The summed E-state index contributed by atoms with van der Waals surface area (Å²) in [6, 6.07) is 3.97. The molecule has 4 heteroatoms. The number of piperidine rings is 1. The number of aromatic nitrogens is 1. The SMILES string of the molecule is Cc1ccc(O)c(CN2CCC(C)CC2CN)n1. The number of pyridine rings is 1. The maximum absolute atomic E-state index is 9.86. The molecule has 2 rings (SSSR count). The van der Waals surface area contributed by atoms with Gasteiger partial charge >= 0.3 is 0 Å². The standard InChI is InChI=1S/C14H23N3O/c1-10-5-6-17(12(7-10)8-15)9-13-14(18)4-3-11(2)16-13/h3-4,10,12,18H,5-9,15H2,1-2H3. The van der Waals surface area contributed by atoms with Crippen molar-refractivity contribution in [2.24, 2.45) is 11.7 Å². The molecule has 0 radical (unpaired) electrons. The average molecular weight is 249 g/mol. The van der Waals surface area contributed by atoms with E-state index in [1.807, 2.05) is 13.0 Å². The Morgan fingerprint density at radius 3 is 3.00 bits per heavy atom. The number of aryl methyl sites for hydroxylation is 1. The van der Waals surface area contributed by atoms with Crippen molar-refractivity contribution in [1.82, 2.24) is 9.88 Å². The Kier molecular flexibility index (Phi) is 4.19. The minimum absolute atomic E-state index is 0.287. The summed E-state index contributed by atoms with van der Waals surface area (Å²) in [4.78, 5) is 6.77. The predicted molar refractivity (Wildman–Crippen MR) is 72.3 cm³/mol. The van der Waals surface area contributed by atoms with Crippen molar-refractivity contribution in [3.05, 3.63) is 23.5 Å². The first-order valence-corrected chi connectivity index (χ1v) is 6.69. The Morgan fingerprint density at radius 1 is 1.50 bits per heavy atom. The van der Waals surface area contributed by atoms with Gasteiger partial charge in [0.2, 0.25) is 0 Å². The van der Waals surface area contributed by atoms with Crippen LogP contribution in [0.5, 0.6) is 5.75 Å². The molecular formula is C14H23N3O. The Morgan fingerprint density at radius 2 is 2.28 bits per heavy atom. The van der Waals surface area contributed by atoms with Gasteiger partial charge in [-0.25, -0.2) is 0 Å². The first-order valence-electron chi connectivity index (χ1n) is 6.69. The molecule has 1 aromatic heterocycles. The van der Waals surface area contributed by atoms with E-state index in [0.29, 0.717) is 19.1 Å². The van der Waals surface area contributed by atoms with E-state index in [9.17, 15) is 5.11 Å². The highest BCUT2D eigenvalue weighted by Gasteiger charge is 2.26. The van der Waals surface area contributed by atoms with E-state index in [-0.39, 0.29) is 5.75 Å². The molecule has 0 aliphatic carbocycles. The molecule has 1 aliphatic rings. The van der Waals surface area contributed by atoms with Crippen LogP contribution in [0.25, 0.3) is 0 Å². The highest BCUT2D eigenvalue weighted by molar-refractivity contribution is 5.27. The van der Waals surface area contributed by atoms with Crippen LogP contribution < -0.4 is 5.73 Å². The predicted octanol–water partition coefficient (Wildman–Crippen LogP) is 1.65. The molecule has 2 unspecified atom stereocenters. The van der Waals surface area contributed by atoms with Gasteiger partial charge in [-0.15, -0.1) is 0 Å². The highest BCUT2D eigenvalue weighted by Crippen LogP contribution is 2.25. The lowest BCUT2D eigenvalue weighted by atomic mass is 9.92. The summed E-state index contributed by atoms with van der Waals surface area (Å²) in [6.45, 7) is 6.64. The summed E-state index contributed by atoms with van der Waals surface area (Å²) in [7, 11) is 0. The number of aromatic hydroxyl groups is 1. The summed E-state index contributed by atoms with van der Waals surface area (Å²) < 4.78 is 0. The summed E-state index contributed by atoms with van der Waals surface area (Å²) in [5.74, 6) is 1.03. The molecular weight excluding hydrogens is 226 g/mol. The summed E-state index contributed by atoms with van der Waals surface area (Å²) in [5, 5.41) is 9.86. The zero-order valence-electron chi connectivity index (χ0n) is 11.3. The van der Waals surface area contributed by atoms with Crippen LogP contribution in [0, 0.1) is 12.8 Å². The second kappa shape index (κ2) is 5.67. The first-order chi connectivity index (χ1) is 8.60. The molecule has 0 saturated carbocycles. The molecule has 0 bridgehead atoms. The third-order valence-corrected chi connectivity index (χ3v) is 3.81. The van der Waals surface area contributed by atoms with Gasteiger partial charge in [-0.3, -0.25) is 9.88 Å². The van der Waals surface area contributed by atoms with Crippen molar-refractivity contribution in [2.45, 2.75) is 39.3 Å². The van der Waals surface area contributed by atoms with Crippen LogP contribution in [0.15, 0.2) is 12.1 Å².